The third-order valence-electron chi connectivity index (χ3n) is 4.41. The first kappa shape index (κ1) is 19.6. The van der Waals surface area contributed by atoms with Crippen molar-refractivity contribution in [1.29, 1.82) is 0 Å². The Kier molecular flexibility index (Phi) is 6.44. The Morgan fingerprint density at radius 3 is 2.46 bits per heavy atom. The minimum Gasteiger partial charge on any atom is -0.496 e. The smallest absolute Gasteiger partial charge is 0.355 e. The molecule has 2 aromatic rings. The van der Waals surface area contributed by atoms with Gasteiger partial charge in [0.05, 0.1) is 19.3 Å². The molecule has 6 nitrogen and oxygen atoms in total. The summed E-state index contributed by atoms with van der Waals surface area (Å²) in [5, 5.41) is 2.92. The molecule has 1 aromatic heterocycles. The molecule has 0 fully saturated rings. The molecule has 1 aromatic carbocycles. The van der Waals surface area contributed by atoms with Gasteiger partial charge in [0.25, 0.3) is 5.91 Å². The number of rotatable bonds is 7. The summed E-state index contributed by atoms with van der Waals surface area (Å²) in [7, 11) is 1.60. The highest BCUT2D eigenvalue weighted by atomic mass is 16.5. The number of hydrogen-bond donors (Lipinski definition) is 1. The van der Waals surface area contributed by atoms with E-state index in [4.69, 9.17) is 9.47 Å². The number of carbonyl (C=O) groups is 2. The number of carbonyl (C=O) groups excluding carboxylic acids is 2. The minimum atomic E-state index is -0.404. The van der Waals surface area contributed by atoms with Crippen molar-refractivity contribution >= 4 is 11.9 Å². The van der Waals surface area contributed by atoms with Gasteiger partial charge in [0.15, 0.2) is 0 Å². The van der Waals surface area contributed by atoms with Crippen molar-refractivity contribution in [2.24, 2.45) is 0 Å². The van der Waals surface area contributed by atoms with Crippen molar-refractivity contribution in [3.8, 4) is 5.75 Å². The molecule has 1 heterocycles. The lowest BCUT2D eigenvalue weighted by Gasteiger charge is -2.10. The van der Waals surface area contributed by atoms with Crippen LogP contribution in [-0.4, -0.2) is 30.2 Å². The Labute approximate surface area is 154 Å². The van der Waals surface area contributed by atoms with Gasteiger partial charge in [-0.2, -0.15) is 0 Å². The van der Waals surface area contributed by atoms with Gasteiger partial charge in [0, 0.05) is 24.3 Å². The number of amides is 1. The Morgan fingerprint density at radius 1 is 1.15 bits per heavy atom. The molecule has 0 aliphatic rings. The second-order valence-electron chi connectivity index (χ2n) is 5.89. The van der Waals surface area contributed by atoms with Crippen LogP contribution >= 0.6 is 0 Å². The van der Waals surface area contributed by atoms with E-state index in [1.165, 1.54) is 0 Å². The van der Waals surface area contributed by atoms with Crippen LogP contribution in [0.4, 0.5) is 0 Å². The van der Waals surface area contributed by atoms with Crippen LogP contribution < -0.4 is 10.1 Å². The zero-order valence-electron chi connectivity index (χ0n) is 16.0. The predicted molar refractivity (Wildman–Crippen MR) is 99.7 cm³/mol. The van der Waals surface area contributed by atoms with Crippen molar-refractivity contribution < 1.29 is 19.1 Å². The molecule has 0 aliphatic heterocycles. The molecule has 0 aliphatic carbocycles. The van der Waals surface area contributed by atoms with Gasteiger partial charge in [0.2, 0.25) is 0 Å². The average molecular weight is 358 g/mol. The standard InChI is InChI=1S/C20H26N2O4/c1-6-22-14(4)17(13(3)18(22)20(24)26-7-2)19(23)21-12-15-10-8-9-11-16(15)25-5/h8-11H,6-7,12H2,1-5H3,(H,21,23). The largest absolute Gasteiger partial charge is 0.496 e. The van der Waals surface area contributed by atoms with Crippen LogP contribution in [0, 0.1) is 13.8 Å². The normalized spacial score (nSPS) is 10.5. The van der Waals surface area contributed by atoms with Crippen molar-refractivity contribution in [2.75, 3.05) is 13.7 Å². The molecule has 0 saturated heterocycles. The van der Waals surface area contributed by atoms with Crippen molar-refractivity contribution in [2.45, 2.75) is 40.8 Å². The van der Waals surface area contributed by atoms with E-state index in [-0.39, 0.29) is 5.91 Å². The quantitative estimate of drug-likeness (QED) is 0.772. The van der Waals surface area contributed by atoms with Gasteiger partial charge in [-0.25, -0.2) is 4.79 Å². The van der Waals surface area contributed by atoms with Crippen LogP contribution in [0.2, 0.25) is 0 Å². The molecule has 0 bridgehead atoms. The maximum Gasteiger partial charge on any atom is 0.355 e. The second kappa shape index (κ2) is 8.56. The summed E-state index contributed by atoms with van der Waals surface area (Å²) >= 11 is 0. The van der Waals surface area contributed by atoms with E-state index < -0.39 is 5.97 Å². The summed E-state index contributed by atoms with van der Waals surface area (Å²) in [5.41, 5.74) is 3.24. The molecular weight excluding hydrogens is 332 g/mol. The van der Waals surface area contributed by atoms with E-state index in [1.54, 1.807) is 21.0 Å². The Morgan fingerprint density at radius 2 is 1.85 bits per heavy atom. The van der Waals surface area contributed by atoms with Gasteiger partial charge in [-0.1, -0.05) is 18.2 Å². The highest BCUT2D eigenvalue weighted by Crippen LogP contribution is 2.24. The van der Waals surface area contributed by atoms with Crippen LogP contribution in [0.1, 0.15) is 51.5 Å². The summed E-state index contributed by atoms with van der Waals surface area (Å²) in [6.45, 7) is 8.54. The molecule has 2 rings (SSSR count). The summed E-state index contributed by atoms with van der Waals surface area (Å²) < 4.78 is 12.3. The fraction of sp³-hybridized carbons (Fsp3) is 0.400. The molecule has 0 radical (unpaired) electrons. The van der Waals surface area contributed by atoms with Crippen LogP contribution in [-0.2, 0) is 17.8 Å². The van der Waals surface area contributed by atoms with Crippen molar-refractivity contribution in [3.63, 3.8) is 0 Å². The zero-order chi connectivity index (χ0) is 19.3. The first-order valence-electron chi connectivity index (χ1n) is 8.73. The first-order chi connectivity index (χ1) is 12.5. The van der Waals surface area contributed by atoms with Gasteiger partial charge in [-0.05, 0) is 39.3 Å². The number of esters is 1. The Hall–Kier alpha value is -2.76. The lowest BCUT2D eigenvalue weighted by Crippen LogP contribution is -2.24. The number of methoxy groups -OCH3 is 1. The lowest BCUT2D eigenvalue weighted by molar-refractivity contribution is 0.0512. The predicted octanol–water partition coefficient (Wildman–Crippen LogP) is 3.24. The number of hydrogen-bond acceptors (Lipinski definition) is 4. The van der Waals surface area contributed by atoms with Crippen molar-refractivity contribution in [3.05, 3.63) is 52.3 Å². The SMILES string of the molecule is CCOC(=O)c1c(C)c(C(=O)NCc2ccccc2OC)c(C)n1CC. The van der Waals surface area contributed by atoms with Crippen LogP contribution in [0.5, 0.6) is 5.75 Å². The third-order valence-corrected chi connectivity index (χ3v) is 4.41. The molecule has 140 valence electrons. The Balaban J connectivity index is 2.30. The van der Waals surface area contributed by atoms with Gasteiger partial charge in [0.1, 0.15) is 11.4 Å². The summed E-state index contributed by atoms with van der Waals surface area (Å²) in [6, 6.07) is 7.53. The highest BCUT2D eigenvalue weighted by Gasteiger charge is 2.26. The average Bonchev–Trinajstić information content (AvgIpc) is 2.89. The van der Waals surface area contributed by atoms with E-state index >= 15 is 0 Å². The number of para-hydroxylation sites is 1. The molecule has 0 unspecified atom stereocenters. The Bertz CT molecular complexity index is 808. The molecular formula is C20H26N2O4. The number of nitrogens with one attached hydrogen (secondary N) is 1. The molecule has 6 heteroatoms. The molecule has 1 N–H and O–H groups in total. The topological polar surface area (TPSA) is 69.6 Å². The fourth-order valence-corrected chi connectivity index (χ4v) is 3.20. The molecule has 0 spiro atoms. The van der Waals surface area contributed by atoms with Gasteiger partial charge >= 0.3 is 5.97 Å². The molecule has 0 saturated carbocycles. The van der Waals surface area contributed by atoms with Crippen LogP contribution in [0.15, 0.2) is 24.3 Å². The van der Waals surface area contributed by atoms with E-state index in [0.717, 1.165) is 17.0 Å². The van der Waals surface area contributed by atoms with E-state index in [1.807, 2.05) is 42.7 Å². The number of benzene rings is 1. The van der Waals surface area contributed by atoms with E-state index in [0.29, 0.717) is 36.5 Å². The molecule has 0 atom stereocenters. The van der Waals surface area contributed by atoms with E-state index in [2.05, 4.69) is 5.32 Å². The summed E-state index contributed by atoms with van der Waals surface area (Å²) in [5.74, 6) is 0.0990. The van der Waals surface area contributed by atoms with Gasteiger partial charge < -0.3 is 19.4 Å². The zero-order valence-corrected chi connectivity index (χ0v) is 16.0. The summed E-state index contributed by atoms with van der Waals surface area (Å²) in [6.07, 6.45) is 0. The van der Waals surface area contributed by atoms with Crippen LogP contribution in [0.25, 0.3) is 0 Å². The number of aromatic nitrogens is 1. The van der Waals surface area contributed by atoms with Gasteiger partial charge in [-0.15, -0.1) is 0 Å². The number of nitrogens with zero attached hydrogens (tertiary/aromatic N) is 1. The third kappa shape index (κ3) is 3.74. The monoisotopic (exact) mass is 358 g/mol. The first-order valence-corrected chi connectivity index (χ1v) is 8.73. The summed E-state index contributed by atoms with van der Waals surface area (Å²) in [4.78, 5) is 25.1. The van der Waals surface area contributed by atoms with E-state index in [9.17, 15) is 9.59 Å². The number of ether oxygens (including phenoxy) is 2. The minimum absolute atomic E-state index is 0.219. The maximum absolute atomic E-state index is 12.8. The fourth-order valence-electron chi connectivity index (χ4n) is 3.20. The second-order valence-corrected chi connectivity index (χ2v) is 5.89. The highest BCUT2D eigenvalue weighted by molar-refractivity contribution is 6.01. The molecule has 1 amide bonds. The van der Waals surface area contributed by atoms with Crippen molar-refractivity contribution in [1.82, 2.24) is 9.88 Å². The lowest BCUT2D eigenvalue weighted by atomic mass is 10.1. The maximum atomic E-state index is 12.8. The molecule has 26 heavy (non-hydrogen) atoms. The van der Waals surface area contributed by atoms with Gasteiger partial charge in [-0.3, -0.25) is 4.79 Å². The van der Waals surface area contributed by atoms with Crippen LogP contribution in [0.3, 0.4) is 0 Å².